The third-order valence-electron chi connectivity index (χ3n) is 3.11. The molecular formula is C15H16N4OS. The van der Waals surface area contributed by atoms with Gasteiger partial charge in [-0.3, -0.25) is 0 Å². The van der Waals surface area contributed by atoms with Gasteiger partial charge in [0.15, 0.2) is 0 Å². The number of hydrogen-bond acceptors (Lipinski definition) is 6. The van der Waals surface area contributed by atoms with Gasteiger partial charge in [0.1, 0.15) is 22.7 Å². The average Bonchev–Trinajstić information content (AvgIpc) is 2.85. The number of thiophene rings is 1. The minimum absolute atomic E-state index is 0.578. The van der Waals surface area contributed by atoms with E-state index in [2.05, 4.69) is 27.6 Å². The second-order valence-electron chi connectivity index (χ2n) is 4.63. The lowest BCUT2D eigenvalue weighted by atomic mass is 10.2. The molecule has 0 saturated heterocycles. The summed E-state index contributed by atoms with van der Waals surface area (Å²) in [7, 11) is 0. The van der Waals surface area contributed by atoms with Gasteiger partial charge in [-0.25, -0.2) is 9.97 Å². The molecule has 0 bridgehead atoms. The predicted octanol–water partition coefficient (Wildman–Crippen LogP) is 3.72. The molecule has 1 aromatic carbocycles. The Morgan fingerprint density at radius 3 is 3.00 bits per heavy atom. The van der Waals surface area contributed by atoms with Crippen LogP contribution in [0.3, 0.4) is 0 Å². The van der Waals surface area contributed by atoms with E-state index >= 15 is 0 Å². The second kappa shape index (κ2) is 5.57. The highest BCUT2D eigenvalue weighted by Gasteiger charge is 2.11. The minimum Gasteiger partial charge on any atom is -0.492 e. The molecule has 0 saturated carbocycles. The molecule has 2 aromatic heterocycles. The summed E-state index contributed by atoms with van der Waals surface area (Å²) in [6.45, 7) is 4.58. The topological polar surface area (TPSA) is 73.1 Å². The van der Waals surface area contributed by atoms with Crippen molar-refractivity contribution in [3.05, 3.63) is 35.5 Å². The smallest absolute Gasteiger partial charge is 0.144 e. The lowest BCUT2D eigenvalue weighted by molar-refractivity contribution is 0.342. The molecule has 0 amide bonds. The highest BCUT2D eigenvalue weighted by Crippen LogP contribution is 2.34. The van der Waals surface area contributed by atoms with E-state index in [-0.39, 0.29) is 0 Å². The maximum absolute atomic E-state index is 5.82. The standard InChI is InChI=1S/C15H16N4OS/c1-3-20-12-6-10(16)4-5-11(12)19-14-13-9(2)7-21-15(13)18-8-17-14/h4-8H,3,16H2,1-2H3,(H,17,18,19). The number of aryl methyl sites for hydroxylation is 1. The summed E-state index contributed by atoms with van der Waals surface area (Å²) < 4.78 is 5.63. The molecule has 0 aliphatic heterocycles. The maximum Gasteiger partial charge on any atom is 0.144 e. The first-order chi connectivity index (χ1) is 10.2. The first-order valence-corrected chi connectivity index (χ1v) is 7.55. The molecule has 0 aliphatic carbocycles. The van der Waals surface area contributed by atoms with Crippen molar-refractivity contribution in [2.45, 2.75) is 13.8 Å². The number of anilines is 3. The van der Waals surface area contributed by atoms with Crippen LogP contribution in [0.1, 0.15) is 12.5 Å². The maximum atomic E-state index is 5.82. The van der Waals surface area contributed by atoms with Gasteiger partial charge in [0, 0.05) is 11.8 Å². The van der Waals surface area contributed by atoms with E-state index in [1.54, 1.807) is 17.7 Å². The number of nitrogen functional groups attached to an aromatic ring is 1. The molecule has 0 spiro atoms. The molecule has 0 unspecified atom stereocenters. The highest BCUT2D eigenvalue weighted by molar-refractivity contribution is 7.17. The average molecular weight is 300 g/mol. The van der Waals surface area contributed by atoms with E-state index in [1.807, 2.05) is 25.1 Å². The summed E-state index contributed by atoms with van der Waals surface area (Å²) in [5, 5.41) is 6.45. The van der Waals surface area contributed by atoms with Gasteiger partial charge in [-0.05, 0) is 36.9 Å². The molecule has 2 heterocycles. The Hall–Kier alpha value is -2.34. The largest absolute Gasteiger partial charge is 0.492 e. The van der Waals surface area contributed by atoms with E-state index in [9.17, 15) is 0 Å². The first kappa shape index (κ1) is 13.6. The Kier molecular flexibility index (Phi) is 3.62. The first-order valence-electron chi connectivity index (χ1n) is 6.67. The van der Waals surface area contributed by atoms with Crippen LogP contribution >= 0.6 is 11.3 Å². The fourth-order valence-corrected chi connectivity index (χ4v) is 3.05. The van der Waals surface area contributed by atoms with Crippen molar-refractivity contribution in [1.29, 1.82) is 0 Å². The molecule has 3 N–H and O–H groups in total. The molecule has 21 heavy (non-hydrogen) atoms. The number of nitrogens with zero attached hydrogens (tertiary/aromatic N) is 2. The summed E-state index contributed by atoms with van der Waals surface area (Å²) in [6, 6.07) is 5.55. The van der Waals surface area contributed by atoms with Gasteiger partial charge in [0.25, 0.3) is 0 Å². The zero-order valence-corrected chi connectivity index (χ0v) is 12.7. The van der Waals surface area contributed by atoms with Crippen LogP contribution in [0.2, 0.25) is 0 Å². The van der Waals surface area contributed by atoms with Crippen molar-refractivity contribution < 1.29 is 4.74 Å². The summed E-state index contributed by atoms with van der Waals surface area (Å²) >= 11 is 1.61. The van der Waals surface area contributed by atoms with Crippen LogP contribution in [0.25, 0.3) is 10.2 Å². The Labute approximate surface area is 126 Å². The number of fused-ring (bicyclic) bond motifs is 1. The Morgan fingerprint density at radius 1 is 1.33 bits per heavy atom. The normalized spacial score (nSPS) is 10.8. The van der Waals surface area contributed by atoms with Gasteiger partial charge in [-0.2, -0.15) is 0 Å². The predicted molar refractivity (Wildman–Crippen MR) is 87.5 cm³/mol. The van der Waals surface area contributed by atoms with Crippen molar-refractivity contribution >= 4 is 38.7 Å². The summed E-state index contributed by atoms with van der Waals surface area (Å²) in [5.74, 6) is 1.50. The van der Waals surface area contributed by atoms with E-state index in [0.29, 0.717) is 12.3 Å². The van der Waals surface area contributed by atoms with Crippen LogP contribution in [-0.4, -0.2) is 16.6 Å². The van der Waals surface area contributed by atoms with Crippen LogP contribution in [0.5, 0.6) is 5.75 Å². The number of aromatic nitrogens is 2. The molecule has 3 rings (SSSR count). The highest BCUT2D eigenvalue weighted by atomic mass is 32.1. The van der Waals surface area contributed by atoms with E-state index < -0.39 is 0 Å². The van der Waals surface area contributed by atoms with Crippen molar-refractivity contribution in [2.24, 2.45) is 0 Å². The Balaban J connectivity index is 2.04. The molecule has 0 fully saturated rings. The summed E-state index contributed by atoms with van der Waals surface area (Å²) in [4.78, 5) is 9.62. The number of rotatable bonds is 4. The molecule has 6 heteroatoms. The van der Waals surface area contributed by atoms with Gasteiger partial charge >= 0.3 is 0 Å². The SMILES string of the molecule is CCOc1cc(N)ccc1Nc1ncnc2scc(C)c12. The molecule has 5 nitrogen and oxygen atoms in total. The van der Waals surface area contributed by atoms with Crippen LogP contribution in [-0.2, 0) is 0 Å². The molecule has 108 valence electrons. The van der Waals surface area contributed by atoms with Crippen LogP contribution in [0.4, 0.5) is 17.2 Å². The van der Waals surface area contributed by atoms with Crippen LogP contribution in [0.15, 0.2) is 29.9 Å². The van der Waals surface area contributed by atoms with E-state index in [1.165, 1.54) is 0 Å². The zero-order chi connectivity index (χ0) is 14.8. The number of nitrogens with two attached hydrogens (primary N) is 1. The van der Waals surface area contributed by atoms with Gasteiger partial charge in [0.2, 0.25) is 0 Å². The van der Waals surface area contributed by atoms with E-state index in [0.717, 1.165) is 33.0 Å². The third kappa shape index (κ3) is 2.62. The third-order valence-corrected chi connectivity index (χ3v) is 4.12. The van der Waals surface area contributed by atoms with Crippen molar-refractivity contribution in [3.8, 4) is 5.75 Å². The van der Waals surface area contributed by atoms with Gasteiger partial charge < -0.3 is 15.8 Å². The van der Waals surface area contributed by atoms with E-state index in [4.69, 9.17) is 10.5 Å². The minimum atomic E-state index is 0.578. The summed E-state index contributed by atoms with van der Waals surface area (Å²) in [5.41, 5.74) is 8.49. The molecule has 0 aliphatic rings. The Morgan fingerprint density at radius 2 is 2.19 bits per heavy atom. The van der Waals surface area contributed by atoms with Gasteiger partial charge in [0.05, 0.1) is 17.7 Å². The lowest BCUT2D eigenvalue weighted by Gasteiger charge is -2.13. The van der Waals surface area contributed by atoms with Crippen LogP contribution in [0, 0.1) is 6.92 Å². The molecule has 0 atom stereocenters. The molecule has 0 radical (unpaired) electrons. The quantitative estimate of drug-likeness (QED) is 0.718. The van der Waals surface area contributed by atoms with Gasteiger partial charge in [-0.15, -0.1) is 11.3 Å². The molecule has 3 aromatic rings. The van der Waals surface area contributed by atoms with Crippen molar-refractivity contribution in [1.82, 2.24) is 9.97 Å². The Bertz CT molecular complexity index is 784. The number of ether oxygens (including phenoxy) is 1. The zero-order valence-electron chi connectivity index (χ0n) is 11.9. The van der Waals surface area contributed by atoms with Crippen molar-refractivity contribution in [3.63, 3.8) is 0 Å². The van der Waals surface area contributed by atoms with Crippen LogP contribution < -0.4 is 15.8 Å². The number of nitrogens with one attached hydrogen (secondary N) is 1. The van der Waals surface area contributed by atoms with Gasteiger partial charge in [-0.1, -0.05) is 0 Å². The van der Waals surface area contributed by atoms with Crippen molar-refractivity contribution in [2.75, 3.05) is 17.7 Å². The number of hydrogen-bond donors (Lipinski definition) is 2. The molecular weight excluding hydrogens is 284 g/mol. The fraction of sp³-hybridized carbons (Fsp3) is 0.200. The monoisotopic (exact) mass is 300 g/mol. The lowest BCUT2D eigenvalue weighted by Crippen LogP contribution is -2.01. The number of benzene rings is 1. The fourth-order valence-electron chi connectivity index (χ4n) is 2.16. The summed E-state index contributed by atoms with van der Waals surface area (Å²) in [6.07, 6.45) is 1.57. The second-order valence-corrected chi connectivity index (χ2v) is 5.49.